The van der Waals surface area contributed by atoms with E-state index in [-0.39, 0.29) is 29.7 Å². The number of aromatic nitrogens is 1. The van der Waals surface area contributed by atoms with Crippen molar-refractivity contribution in [2.24, 2.45) is 17.8 Å². The summed E-state index contributed by atoms with van der Waals surface area (Å²) in [5, 5.41) is 7.23. The van der Waals surface area contributed by atoms with Gasteiger partial charge in [0.1, 0.15) is 11.9 Å². The van der Waals surface area contributed by atoms with Crippen molar-refractivity contribution in [2.75, 3.05) is 72.4 Å². The Labute approximate surface area is 338 Å². The van der Waals surface area contributed by atoms with E-state index in [1.165, 1.54) is 31.3 Å². The third kappa shape index (κ3) is 9.83. The highest BCUT2D eigenvalue weighted by Crippen LogP contribution is 2.55. The Morgan fingerprint density at radius 2 is 1.40 bits per heavy atom. The smallest absolute Gasteiger partial charge is 0.328 e. The third-order valence-corrected chi connectivity index (χ3v) is 12.3. The minimum absolute atomic E-state index is 0.0483. The van der Waals surface area contributed by atoms with Crippen LogP contribution in [0.15, 0.2) is 48.5 Å². The number of aromatic amines is 1. The Hall–Kier alpha value is -4.01. The molecule has 0 spiro atoms. The lowest BCUT2D eigenvalue weighted by atomic mass is 9.53. The molecule has 13 nitrogen and oxygen atoms in total. The Morgan fingerprint density at radius 1 is 0.807 bits per heavy atom. The van der Waals surface area contributed by atoms with Crippen molar-refractivity contribution in [3.63, 3.8) is 0 Å². The first-order valence-corrected chi connectivity index (χ1v) is 20.9. The predicted octanol–water partition coefficient (Wildman–Crippen LogP) is 4.69. The van der Waals surface area contributed by atoms with Gasteiger partial charge in [0.05, 0.1) is 66.0 Å². The van der Waals surface area contributed by atoms with E-state index in [4.69, 9.17) is 35.3 Å². The van der Waals surface area contributed by atoms with Crippen molar-refractivity contribution in [1.29, 1.82) is 0 Å². The molecule has 4 bridgehead atoms. The van der Waals surface area contributed by atoms with Crippen LogP contribution in [0.2, 0.25) is 0 Å². The zero-order valence-corrected chi connectivity index (χ0v) is 33.5. The van der Waals surface area contributed by atoms with Gasteiger partial charge in [0.15, 0.2) is 0 Å². The molecule has 1 aliphatic heterocycles. The van der Waals surface area contributed by atoms with Gasteiger partial charge in [-0.2, -0.15) is 0 Å². The summed E-state index contributed by atoms with van der Waals surface area (Å²) in [6.45, 7) is 3.52. The van der Waals surface area contributed by atoms with E-state index in [9.17, 15) is 19.2 Å². The van der Waals surface area contributed by atoms with E-state index in [2.05, 4.69) is 15.6 Å². The second-order valence-electron chi connectivity index (χ2n) is 16.0. The van der Waals surface area contributed by atoms with E-state index in [0.717, 1.165) is 64.7 Å². The molecule has 3 aromatic rings. The van der Waals surface area contributed by atoms with E-state index in [0.29, 0.717) is 71.4 Å². The van der Waals surface area contributed by atoms with Gasteiger partial charge >= 0.3 is 5.97 Å². The minimum atomic E-state index is -0.863. The zero-order valence-electron chi connectivity index (χ0n) is 32.7. The molecule has 3 amide bonds. The fourth-order valence-corrected chi connectivity index (χ4v) is 10.2. The molecule has 2 atom stereocenters. The molecule has 2 heterocycles. The molecule has 2 aromatic carbocycles. The summed E-state index contributed by atoms with van der Waals surface area (Å²) in [6, 6.07) is 13.3. The second-order valence-corrected chi connectivity index (χ2v) is 16.2. The first-order valence-electron chi connectivity index (χ1n) is 20.3. The molecule has 0 radical (unpaired) electrons. The maximum absolute atomic E-state index is 13.2. The SMILES string of the molecule is COC(=O)[C@H]1Cc2c([nH]c3ccccc23)[C@H](c2ccc(C(=O)NCCOCCOCCOCCOCCC(=O)NC34CC5CC(CC(C5)C3)C4)cc2)N1C(=O)CCl. The van der Waals surface area contributed by atoms with Crippen molar-refractivity contribution in [3.05, 3.63) is 70.9 Å². The van der Waals surface area contributed by atoms with Crippen LogP contribution in [0, 0.1) is 17.8 Å². The molecule has 4 fully saturated rings. The molecule has 4 aliphatic carbocycles. The number of hydrogen-bond acceptors (Lipinski definition) is 9. The molecule has 1 aromatic heterocycles. The summed E-state index contributed by atoms with van der Waals surface area (Å²) in [4.78, 5) is 56.7. The van der Waals surface area contributed by atoms with Gasteiger partial charge in [0, 0.05) is 47.1 Å². The molecular weight excluding hydrogens is 752 g/mol. The number of carbonyl (C=O) groups excluding carboxylic acids is 4. The number of ether oxygens (including phenoxy) is 5. The maximum Gasteiger partial charge on any atom is 0.328 e. The van der Waals surface area contributed by atoms with Crippen LogP contribution in [0.5, 0.6) is 0 Å². The summed E-state index contributed by atoms with van der Waals surface area (Å²) >= 11 is 6.05. The highest BCUT2D eigenvalue weighted by atomic mass is 35.5. The number of nitrogens with zero attached hydrogens (tertiary/aromatic N) is 1. The number of methoxy groups -OCH3 is 1. The van der Waals surface area contributed by atoms with E-state index >= 15 is 0 Å². The van der Waals surface area contributed by atoms with Crippen LogP contribution in [0.3, 0.4) is 0 Å². The van der Waals surface area contributed by atoms with Gasteiger partial charge in [0.2, 0.25) is 11.8 Å². The van der Waals surface area contributed by atoms with Gasteiger partial charge < -0.3 is 44.2 Å². The number of benzene rings is 2. The first kappa shape index (κ1) is 41.2. The largest absolute Gasteiger partial charge is 0.467 e. The van der Waals surface area contributed by atoms with Crippen molar-refractivity contribution in [3.8, 4) is 0 Å². The average molecular weight is 807 g/mol. The third-order valence-electron chi connectivity index (χ3n) is 12.1. The number of amides is 3. The molecule has 4 saturated carbocycles. The Kier molecular flexibility index (Phi) is 13.8. The number of esters is 1. The van der Waals surface area contributed by atoms with Crippen molar-refractivity contribution < 1.29 is 42.9 Å². The van der Waals surface area contributed by atoms with Gasteiger partial charge in [-0.3, -0.25) is 14.4 Å². The van der Waals surface area contributed by atoms with Gasteiger partial charge in [-0.1, -0.05) is 30.3 Å². The summed E-state index contributed by atoms with van der Waals surface area (Å²) in [7, 11) is 1.31. The summed E-state index contributed by atoms with van der Waals surface area (Å²) in [6.07, 6.45) is 8.23. The van der Waals surface area contributed by atoms with Gasteiger partial charge in [-0.15, -0.1) is 11.6 Å². The molecule has 14 heteroatoms. The molecule has 57 heavy (non-hydrogen) atoms. The Bertz CT molecular complexity index is 1830. The normalized spacial score (nSPS) is 24.7. The number of H-pyrrole nitrogens is 1. The molecule has 5 aliphatic rings. The number of fused-ring (bicyclic) bond motifs is 3. The number of alkyl halides is 1. The molecule has 308 valence electrons. The van der Waals surface area contributed by atoms with E-state index in [1.807, 2.05) is 24.3 Å². The van der Waals surface area contributed by atoms with E-state index in [1.54, 1.807) is 24.3 Å². The van der Waals surface area contributed by atoms with Crippen LogP contribution in [-0.2, 0) is 44.5 Å². The van der Waals surface area contributed by atoms with Gasteiger partial charge in [-0.25, -0.2) is 4.79 Å². The van der Waals surface area contributed by atoms with Crippen molar-refractivity contribution in [2.45, 2.75) is 69.0 Å². The van der Waals surface area contributed by atoms with Crippen molar-refractivity contribution >= 4 is 46.2 Å². The van der Waals surface area contributed by atoms with Crippen LogP contribution < -0.4 is 10.6 Å². The Morgan fingerprint density at radius 3 is 2.02 bits per heavy atom. The topological polar surface area (TPSA) is 158 Å². The van der Waals surface area contributed by atoms with E-state index < -0.39 is 24.0 Å². The van der Waals surface area contributed by atoms with Crippen LogP contribution in [0.1, 0.15) is 78.2 Å². The Balaban J connectivity index is 0.755. The summed E-state index contributed by atoms with van der Waals surface area (Å²) in [5.41, 5.74) is 3.84. The molecule has 0 unspecified atom stereocenters. The number of hydrogen-bond donors (Lipinski definition) is 3. The van der Waals surface area contributed by atoms with Crippen molar-refractivity contribution in [1.82, 2.24) is 20.5 Å². The highest BCUT2D eigenvalue weighted by Gasteiger charge is 2.51. The lowest BCUT2D eigenvalue weighted by molar-refractivity contribution is -0.154. The summed E-state index contributed by atoms with van der Waals surface area (Å²) < 4.78 is 27.5. The number of carbonyl (C=O) groups is 4. The fraction of sp³-hybridized carbons (Fsp3) is 0.581. The van der Waals surface area contributed by atoms with Gasteiger partial charge in [0.25, 0.3) is 5.91 Å². The van der Waals surface area contributed by atoms with Crippen LogP contribution in [-0.4, -0.2) is 118 Å². The lowest BCUT2D eigenvalue weighted by Gasteiger charge is -2.56. The molecular formula is C43H55ClN4O9. The number of halogens is 1. The summed E-state index contributed by atoms with van der Waals surface area (Å²) in [5.74, 6) is 1.04. The average Bonchev–Trinajstić information content (AvgIpc) is 3.58. The van der Waals surface area contributed by atoms with Crippen LogP contribution in [0.25, 0.3) is 10.9 Å². The maximum atomic E-state index is 13.2. The number of rotatable bonds is 20. The number of nitrogens with one attached hydrogen (secondary N) is 3. The fourth-order valence-electron chi connectivity index (χ4n) is 10.0. The zero-order chi connectivity index (χ0) is 39.8. The van der Waals surface area contributed by atoms with Gasteiger partial charge in [-0.05, 0) is 85.6 Å². The second kappa shape index (κ2) is 19.2. The molecule has 3 N–H and O–H groups in total. The monoisotopic (exact) mass is 806 g/mol. The first-order chi connectivity index (χ1) is 27.8. The van der Waals surface area contributed by atoms with Crippen LogP contribution in [0.4, 0.5) is 0 Å². The standard InChI is InChI=1S/C43H55ClN4O9/c1-53-42(52)36-23-34-33-4-2-3-5-35(33)46-39(34)40(48(36)38(50)27-44)31-6-8-32(9-7-31)41(51)45-11-13-55-15-17-57-19-18-56-16-14-54-12-10-37(49)47-43-24-28-20-29(25-43)22-30(21-28)26-43/h2-9,28-30,36,40,46H,10-27H2,1H3,(H,45,51)(H,47,49)/t28?,29?,30?,36-,40+,43?/m1/s1. The van der Waals surface area contributed by atoms with Crippen LogP contribution >= 0.6 is 11.6 Å². The highest BCUT2D eigenvalue weighted by molar-refractivity contribution is 6.27. The minimum Gasteiger partial charge on any atom is -0.467 e. The quantitative estimate of drug-likeness (QED) is 0.0838. The molecule has 8 rings (SSSR count). The lowest BCUT2D eigenvalue weighted by Crippen LogP contribution is -2.59. The molecule has 0 saturated heterocycles. The number of para-hydroxylation sites is 1. The predicted molar refractivity (Wildman–Crippen MR) is 213 cm³/mol.